The molecular weight excluding hydrogens is 364 g/mol. The summed E-state index contributed by atoms with van der Waals surface area (Å²) >= 11 is 6.09. The topological polar surface area (TPSA) is 62.6 Å². The van der Waals surface area contributed by atoms with Gasteiger partial charge in [0.2, 0.25) is 5.91 Å². The molecule has 1 aliphatic heterocycles. The Hall–Kier alpha value is -2.27. The normalized spacial score (nSPS) is 15.6. The van der Waals surface area contributed by atoms with Gasteiger partial charge in [0.25, 0.3) is 5.91 Å². The average Bonchev–Trinajstić information content (AvgIpc) is 3.20. The Morgan fingerprint density at radius 1 is 1.22 bits per heavy atom. The lowest BCUT2D eigenvalue weighted by Crippen LogP contribution is -2.45. The highest BCUT2D eigenvalue weighted by Gasteiger charge is 2.30. The number of hydrogen-bond donors (Lipinski definition) is 1. The van der Waals surface area contributed by atoms with Gasteiger partial charge in [-0.2, -0.15) is 0 Å². The van der Waals surface area contributed by atoms with Crippen LogP contribution in [0.2, 0.25) is 5.02 Å². The van der Waals surface area contributed by atoms with Crippen molar-refractivity contribution in [3.05, 3.63) is 59.0 Å². The second-order valence-electron chi connectivity index (χ2n) is 7.66. The van der Waals surface area contributed by atoms with Crippen molar-refractivity contribution < 1.29 is 14.0 Å². The molecular formula is C21H25ClN2O3. The predicted molar refractivity (Wildman–Crippen MR) is 105 cm³/mol. The van der Waals surface area contributed by atoms with E-state index in [4.69, 9.17) is 16.0 Å². The summed E-state index contributed by atoms with van der Waals surface area (Å²) in [4.78, 5) is 26.6. The number of carbonyl (C=O) groups is 2. The highest BCUT2D eigenvalue weighted by molar-refractivity contribution is 6.30. The molecule has 3 rings (SSSR count). The van der Waals surface area contributed by atoms with E-state index >= 15 is 0 Å². The van der Waals surface area contributed by atoms with Gasteiger partial charge in [-0.3, -0.25) is 9.59 Å². The number of nitrogens with zero attached hydrogens (tertiary/aromatic N) is 1. The third-order valence-corrected chi connectivity index (χ3v) is 5.43. The second kappa shape index (κ2) is 8.17. The van der Waals surface area contributed by atoms with Gasteiger partial charge < -0.3 is 14.6 Å². The van der Waals surface area contributed by atoms with Crippen molar-refractivity contribution >= 4 is 23.4 Å². The van der Waals surface area contributed by atoms with Crippen LogP contribution in [0.4, 0.5) is 0 Å². The molecule has 1 fully saturated rings. The second-order valence-corrected chi connectivity index (χ2v) is 8.09. The van der Waals surface area contributed by atoms with Crippen LogP contribution in [0, 0.1) is 5.92 Å². The molecule has 1 aromatic heterocycles. The summed E-state index contributed by atoms with van der Waals surface area (Å²) in [6, 6.07) is 11.1. The van der Waals surface area contributed by atoms with Gasteiger partial charge in [0.1, 0.15) is 0 Å². The highest BCUT2D eigenvalue weighted by atomic mass is 35.5. The molecule has 0 unspecified atom stereocenters. The molecule has 0 radical (unpaired) electrons. The zero-order valence-electron chi connectivity index (χ0n) is 15.7. The maximum absolute atomic E-state index is 12.6. The number of rotatable bonds is 5. The van der Waals surface area contributed by atoms with Crippen LogP contribution in [0.5, 0.6) is 0 Å². The van der Waals surface area contributed by atoms with E-state index in [-0.39, 0.29) is 23.1 Å². The molecule has 6 heteroatoms. The number of likely N-dealkylation sites (tertiary alicyclic amines) is 1. The highest BCUT2D eigenvalue weighted by Crippen LogP contribution is 2.25. The Morgan fingerprint density at radius 2 is 1.96 bits per heavy atom. The Labute approximate surface area is 164 Å². The molecule has 0 bridgehead atoms. The Morgan fingerprint density at radius 3 is 2.59 bits per heavy atom. The number of nitrogens with one attached hydrogen (secondary N) is 1. The molecule has 0 atom stereocenters. The molecule has 144 valence electrons. The smallest absolute Gasteiger partial charge is 0.289 e. The van der Waals surface area contributed by atoms with Gasteiger partial charge in [0, 0.05) is 36.0 Å². The SMILES string of the molecule is CC(C)(CNC(=O)C1CCN(C(=O)c2ccco2)CC1)c1cccc(Cl)c1. The summed E-state index contributed by atoms with van der Waals surface area (Å²) in [7, 11) is 0. The summed E-state index contributed by atoms with van der Waals surface area (Å²) in [5.41, 5.74) is 0.880. The molecule has 0 aliphatic carbocycles. The maximum atomic E-state index is 12.6. The zero-order valence-corrected chi connectivity index (χ0v) is 16.5. The molecule has 1 aromatic carbocycles. The van der Waals surface area contributed by atoms with E-state index in [1.807, 2.05) is 24.3 Å². The van der Waals surface area contributed by atoms with E-state index in [2.05, 4.69) is 19.2 Å². The molecule has 1 aliphatic rings. The van der Waals surface area contributed by atoms with E-state index in [0.717, 1.165) is 5.56 Å². The summed E-state index contributed by atoms with van der Waals surface area (Å²) in [5.74, 6) is 0.220. The van der Waals surface area contributed by atoms with Crippen LogP contribution < -0.4 is 5.32 Å². The van der Waals surface area contributed by atoms with Gasteiger partial charge >= 0.3 is 0 Å². The van der Waals surface area contributed by atoms with Gasteiger partial charge in [0.05, 0.1) is 6.26 Å². The van der Waals surface area contributed by atoms with Crippen molar-refractivity contribution in [2.24, 2.45) is 5.92 Å². The number of piperidine rings is 1. The average molecular weight is 389 g/mol. The molecule has 5 nitrogen and oxygen atoms in total. The quantitative estimate of drug-likeness (QED) is 0.845. The van der Waals surface area contributed by atoms with Crippen molar-refractivity contribution in [3.8, 4) is 0 Å². The third-order valence-electron chi connectivity index (χ3n) is 5.20. The van der Waals surface area contributed by atoms with Crippen LogP contribution >= 0.6 is 11.6 Å². The number of furan rings is 1. The number of carbonyl (C=O) groups excluding carboxylic acids is 2. The molecule has 0 spiro atoms. The fourth-order valence-electron chi connectivity index (χ4n) is 3.36. The first-order valence-electron chi connectivity index (χ1n) is 9.23. The summed E-state index contributed by atoms with van der Waals surface area (Å²) < 4.78 is 5.17. The minimum atomic E-state index is -0.212. The molecule has 27 heavy (non-hydrogen) atoms. The van der Waals surface area contributed by atoms with Crippen molar-refractivity contribution in [1.29, 1.82) is 0 Å². The van der Waals surface area contributed by atoms with Gasteiger partial charge in [-0.05, 0) is 42.7 Å². The fraction of sp³-hybridized carbons (Fsp3) is 0.429. The Bertz CT molecular complexity index is 794. The first-order chi connectivity index (χ1) is 12.9. The standard InChI is InChI=1S/C21H25ClN2O3/c1-21(2,16-5-3-6-17(22)13-16)14-23-19(25)15-8-10-24(11-9-15)20(26)18-7-4-12-27-18/h3-7,12-13,15H,8-11,14H2,1-2H3,(H,23,25). The lowest BCUT2D eigenvalue weighted by molar-refractivity contribution is -0.126. The van der Waals surface area contributed by atoms with Crippen LogP contribution in [0.15, 0.2) is 47.1 Å². The lowest BCUT2D eigenvalue weighted by Gasteiger charge is -2.32. The van der Waals surface area contributed by atoms with Gasteiger partial charge in [-0.25, -0.2) is 0 Å². The Kier molecular flexibility index (Phi) is 5.90. The van der Waals surface area contributed by atoms with Crippen molar-refractivity contribution in [2.75, 3.05) is 19.6 Å². The first-order valence-corrected chi connectivity index (χ1v) is 9.61. The van der Waals surface area contributed by atoms with Crippen LogP contribution in [-0.4, -0.2) is 36.3 Å². The zero-order chi connectivity index (χ0) is 19.4. The van der Waals surface area contributed by atoms with E-state index in [0.29, 0.717) is 43.3 Å². The predicted octanol–water partition coefficient (Wildman–Crippen LogP) is 3.88. The molecule has 1 saturated heterocycles. The largest absolute Gasteiger partial charge is 0.459 e. The molecule has 2 aromatic rings. The minimum Gasteiger partial charge on any atom is -0.459 e. The van der Waals surface area contributed by atoms with Crippen molar-refractivity contribution in [1.82, 2.24) is 10.2 Å². The van der Waals surface area contributed by atoms with E-state index < -0.39 is 0 Å². The summed E-state index contributed by atoms with van der Waals surface area (Å²) in [5, 5.41) is 3.77. The maximum Gasteiger partial charge on any atom is 0.289 e. The first kappa shape index (κ1) is 19.5. The molecule has 2 heterocycles. The molecule has 0 saturated carbocycles. The molecule has 2 amide bonds. The monoisotopic (exact) mass is 388 g/mol. The van der Waals surface area contributed by atoms with E-state index in [1.54, 1.807) is 17.0 Å². The van der Waals surface area contributed by atoms with Gasteiger partial charge in [-0.1, -0.05) is 37.6 Å². The fourth-order valence-corrected chi connectivity index (χ4v) is 3.56. The van der Waals surface area contributed by atoms with Crippen LogP contribution in [0.3, 0.4) is 0 Å². The van der Waals surface area contributed by atoms with Crippen LogP contribution in [0.1, 0.15) is 42.8 Å². The van der Waals surface area contributed by atoms with E-state index in [1.165, 1.54) is 6.26 Å². The van der Waals surface area contributed by atoms with E-state index in [9.17, 15) is 9.59 Å². The van der Waals surface area contributed by atoms with Crippen molar-refractivity contribution in [3.63, 3.8) is 0 Å². The molecule has 1 N–H and O–H groups in total. The minimum absolute atomic E-state index is 0.0511. The summed E-state index contributed by atoms with van der Waals surface area (Å²) in [6.07, 6.45) is 2.82. The number of benzene rings is 1. The van der Waals surface area contributed by atoms with Crippen molar-refractivity contribution in [2.45, 2.75) is 32.1 Å². The third kappa shape index (κ3) is 4.72. The summed E-state index contributed by atoms with van der Waals surface area (Å²) in [6.45, 7) is 5.84. The van der Waals surface area contributed by atoms with Crippen LogP contribution in [-0.2, 0) is 10.2 Å². The number of amides is 2. The Balaban J connectivity index is 1.50. The van der Waals surface area contributed by atoms with Crippen LogP contribution in [0.25, 0.3) is 0 Å². The van der Waals surface area contributed by atoms with Gasteiger partial charge in [-0.15, -0.1) is 0 Å². The number of hydrogen-bond acceptors (Lipinski definition) is 3. The number of halogens is 1. The van der Waals surface area contributed by atoms with Gasteiger partial charge in [0.15, 0.2) is 5.76 Å². The lowest BCUT2D eigenvalue weighted by atomic mass is 9.84.